The maximum absolute atomic E-state index is 5.53. The molecule has 1 aromatic heterocycles. The first-order chi connectivity index (χ1) is 6.35. The number of hydrogen-bond donors (Lipinski definition) is 1. The zero-order chi connectivity index (χ0) is 9.26. The van der Waals surface area contributed by atoms with Crippen molar-refractivity contribution < 1.29 is 4.52 Å². The van der Waals surface area contributed by atoms with Gasteiger partial charge in [-0.3, -0.25) is 0 Å². The van der Waals surface area contributed by atoms with Gasteiger partial charge in [0.15, 0.2) is 5.58 Å². The van der Waals surface area contributed by atoms with Crippen molar-refractivity contribution >= 4 is 23.4 Å². The zero-order valence-corrected chi connectivity index (χ0v) is 8.80. The lowest BCUT2D eigenvalue weighted by molar-refractivity contribution is 0.446. The largest absolute Gasteiger partial charge is 0.356 e. The van der Waals surface area contributed by atoms with Crippen molar-refractivity contribution in [2.45, 2.75) is 19.9 Å². The van der Waals surface area contributed by atoms with Gasteiger partial charge in [-0.2, -0.15) is 0 Å². The second-order valence-corrected chi connectivity index (χ2v) is 3.02. The van der Waals surface area contributed by atoms with Crippen LogP contribution in [0.2, 0.25) is 0 Å². The Morgan fingerprint density at radius 2 is 2.21 bits per heavy atom. The fraction of sp³-hybridized carbons (Fsp3) is 0.300. The van der Waals surface area contributed by atoms with Crippen molar-refractivity contribution in [3.8, 4) is 0 Å². The molecule has 1 heterocycles. The fourth-order valence-electron chi connectivity index (χ4n) is 1.40. The van der Waals surface area contributed by atoms with Gasteiger partial charge < -0.3 is 10.3 Å². The normalized spacial score (nSPS) is 10.1. The Bertz CT molecular complexity index is 425. The summed E-state index contributed by atoms with van der Waals surface area (Å²) in [6, 6.07) is 6.09. The quantitative estimate of drug-likeness (QED) is 0.831. The van der Waals surface area contributed by atoms with Crippen molar-refractivity contribution in [3.05, 3.63) is 29.5 Å². The number of benzene rings is 1. The van der Waals surface area contributed by atoms with Crippen molar-refractivity contribution in [3.63, 3.8) is 0 Å². The summed E-state index contributed by atoms with van der Waals surface area (Å²) < 4.78 is 5.11. The molecular weight excluding hydrogens is 200 g/mol. The Balaban J connectivity index is 0.000000980. The molecule has 0 saturated heterocycles. The Labute approximate surface area is 88.7 Å². The molecule has 14 heavy (non-hydrogen) atoms. The second kappa shape index (κ2) is 4.44. The van der Waals surface area contributed by atoms with E-state index in [-0.39, 0.29) is 12.4 Å². The molecule has 3 nitrogen and oxygen atoms in total. The molecule has 0 amide bonds. The van der Waals surface area contributed by atoms with Gasteiger partial charge in [0, 0.05) is 11.9 Å². The van der Waals surface area contributed by atoms with Crippen LogP contribution in [0.25, 0.3) is 11.0 Å². The first kappa shape index (κ1) is 11.0. The molecule has 2 rings (SSSR count). The standard InChI is InChI=1S/C10H12N2O.ClH/c1-2-7-3-4-10-8(5-7)9(6-11)12-13-10;/h3-5H,2,6,11H2,1H3;1H. The summed E-state index contributed by atoms with van der Waals surface area (Å²) in [5.74, 6) is 0. The molecule has 0 aliphatic carbocycles. The first-order valence-electron chi connectivity index (χ1n) is 4.42. The first-order valence-corrected chi connectivity index (χ1v) is 4.42. The van der Waals surface area contributed by atoms with E-state index in [1.165, 1.54) is 5.56 Å². The summed E-state index contributed by atoms with van der Waals surface area (Å²) in [5, 5.41) is 4.93. The summed E-state index contributed by atoms with van der Waals surface area (Å²) >= 11 is 0. The molecule has 1 aromatic carbocycles. The van der Waals surface area contributed by atoms with Crippen LogP contribution in [-0.2, 0) is 13.0 Å². The van der Waals surface area contributed by atoms with Gasteiger partial charge in [-0.05, 0) is 24.1 Å². The molecule has 0 unspecified atom stereocenters. The van der Waals surface area contributed by atoms with Gasteiger partial charge in [0.2, 0.25) is 0 Å². The lowest BCUT2D eigenvalue weighted by atomic mass is 10.1. The minimum Gasteiger partial charge on any atom is -0.356 e. The topological polar surface area (TPSA) is 52.0 Å². The van der Waals surface area contributed by atoms with Gasteiger partial charge in [-0.1, -0.05) is 18.1 Å². The van der Waals surface area contributed by atoms with Gasteiger partial charge in [0.25, 0.3) is 0 Å². The molecule has 0 fully saturated rings. The highest BCUT2D eigenvalue weighted by molar-refractivity contribution is 5.85. The van der Waals surface area contributed by atoms with E-state index in [0.717, 1.165) is 23.1 Å². The summed E-state index contributed by atoms with van der Waals surface area (Å²) in [4.78, 5) is 0. The van der Waals surface area contributed by atoms with E-state index in [9.17, 15) is 0 Å². The summed E-state index contributed by atoms with van der Waals surface area (Å²) in [6.07, 6.45) is 1.02. The average molecular weight is 213 g/mol. The van der Waals surface area contributed by atoms with Crippen molar-refractivity contribution in [2.75, 3.05) is 0 Å². The molecule has 2 N–H and O–H groups in total. The van der Waals surface area contributed by atoms with Crippen LogP contribution in [0.15, 0.2) is 22.7 Å². The molecule has 0 saturated carbocycles. The number of nitrogens with zero attached hydrogens (tertiary/aromatic N) is 1. The van der Waals surface area contributed by atoms with Crippen LogP contribution in [0, 0.1) is 0 Å². The van der Waals surface area contributed by atoms with E-state index in [2.05, 4.69) is 18.1 Å². The van der Waals surface area contributed by atoms with E-state index in [4.69, 9.17) is 10.3 Å². The number of hydrogen-bond acceptors (Lipinski definition) is 3. The van der Waals surface area contributed by atoms with Gasteiger partial charge in [0.05, 0.1) is 0 Å². The Kier molecular flexibility index (Phi) is 3.49. The number of aryl methyl sites for hydroxylation is 1. The summed E-state index contributed by atoms with van der Waals surface area (Å²) in [7, 11) is 0. The fourth-order valence-corrected chi connectivity index (χ4v) is 1.40. The molecule has 0 bridgehead atoms. The smallest absolute Gasteiger partial charge is 0.167 e. The summed E-state index contributed by atoms with van der Waals surface area (Å²) in [5.41, 5.74) is 8.47. The van der Waals surface area contributed by atoms with Crippen LogP contribution >= 0.6 is 12.4 Å². The van der Waals surface area contributed by atoms with E-state index in [1.54, 1.807) is 0 Å². The highest BCUT2D eigenvalue weighted by Gasteiger charge is 2.05. The molecule has 76 valence electrons. The lowest BCUT2D eigenvalue weighted by Gasteiger charge is -1.95. The van der Waals surface area contributed by atoms with Crippen LogP contribution < -0.4 is 5.73 Å². The second-order valence-electron chi connectivity index (χ2n) is 3.02. The Hall–Kier alpha value is -1.06. The number of aromatic nitrogens is 1. The Morgan fingerprint density at radius 1 is 1.43 bits per heavy atom. The molecule has 0 spiro atoms. The van der Waals surface area contributed by atoms with Crippen LogP contribution in [-0.4, -0.2) is 5.16 Å². The molecule has 4 heteroatoms. The zero-order valence-electron chi connectivity index (χ0n) is 7.99. The monoisotopic (exact) mass is 212 g/mol. The van der Waals surface area contributed by atoms with Crippen LogP contribution in [0.3, 0.4) is 0 Å². The summed E-state index contributed by atoms with van der Waals surface area (Å²) in [6.45, 7) is 2.55. The highest BCUT2D eigenvalue weighted by Crippen LogP contribution is 2.19. The third-order valence-corrected chi connectivity index (χ3v) is 2.21. The predicted molar refractivity (Wildman–Crippen MR) is 58.5 cm³/mol. The number of halogens is 1. The number of nitrogens with two attached hydrogens (primary N) is 1. The van der Waals surface area contributed by atoms with Crippen LogP contribution in [0.1, 0.15) is 18.2 Å². The van der Waals surface area contributed by atoms with E-state index in [1.807, 2.05) is 12.1 Å². The maximum atomic E-state index is 5.53. The number of fused-ring (bicyclic) bond motifs is 1. The van der Waals surface area contributed by atoms with Crippen molar-refractivity contribution in [1.82, 2.24) is 5.16 Å². The number of rotatable bonds is 2. The van der Waals surface area contributed by atoms with Gasteiger partial charge in [-0.25, -0.2) is 0 Å². The van der Waals surface area contributed by atoms with Gasteiger partial charge in [0.1, 0.15) is 5.69 Å². The van der Waals surface area contributed by atoms with E-state index >= 15 is 0 Å². The predicted octanol–water partition coefficient (Wildman–Crippen LogP) is 2.27. The molecule has 0 aliphatic heterocycles. The maximum Gasteiger partial charge on any atom is 0.167 e. The highest BCUT2D eigenvalue weighted by atomic mass is 35.5. The van der Waals surface area contributed by atoms with E-state index in [0.29, 0.717) is 6.54 Å². The SMILES string of the molecule is CCc1ccc2onc(CN)c2c1.Cl. The molecule has 2 aromatic rings. The van der Waals surface area contributed by atoms with Crippen LogP contribution in [0.4, 0.5) is 0 Å². The third-order valence-electron chi connectivity index (χ3n) is 2.21. The third kappa shape index (κ3) is 1.74. The van der Waals surface area contributed by atoms with Crippen LogP contribution in [0.5, 0.6) is 0 Å². The minimum atomic E-state index is 0. The molecule has 0 radical (unpaired) electrons. The molecule has 0 atom stereocenters. The van der Waals surface area contributed by atoms with Gasteiger partial charge in [-0.15, -0.1) is 12.4 Å². The lowest BCUT2D eigenvalue weighted by Crippen LogP contribution is -1.96. The Morgan fingerprint density at radius 3 is 2.86 bits per heavy atom. The van der Waals surface area contributed by atoms with Gasteiger partial charge >= 0.3 is 0 Å². The molecule has 0 aliphatic rings. The van der Waals surface area contributed by atoms with Crippen molar-refractivity contribution in [1.29, 1.82) is 0 Å². The minimum absolute atomic E-state index is 0. The van der Waals surface area contributed by atoms with E-state index < -0.39 is 0 Å². The average Bonchev–Trinajstić information content (AvgIpc) is 2.59. The van der Waals surface area contributed by atoms with Crippen molar-refractivity contribution in [2.24, 2.45) is 5.73 Å². The molecular formula is C10H13ClN2O.